The molecule has 9 heteroatoms. The van der Waals surface area contributed by atoms with Crippen molar-refractivity contribution in [2.75, 3.05) is 25.1 Å². The molecule has 1 fully saturated rings. The molecule has 148 valence electrons. The zero-order valence-electron chi connectivity index (χ0n) is 15.6. The van der Waals surface area contributed by atoms with Crippen LogP contribution in [0.2, 0.25) is 0 Å². The van der Waals surface area contributed by atoms with Gasteiger partial charge in [-0.15, -0.1) is 0 Å². The zero-order valence-corrected chi connectivity index (χ0v) is 15.6. The van der Waals surface area contributed by atoms with Gasteiger partial charge in [-0.1, -0.05) is 18.2 Å². The fourth-order valence-corrected chi connectivity index (χ4v) is 3.85. The van der Waals surface area contributed by atoms with Gasteiger partial charge < -0.3 is 14.7 Å². The first kappa shape index (κ1) is 19.6. The molecule has 1 aliphatic rings. The second-order valence-corrected chi connectivity index (χ2v) is 6.72. The summed E-state index contributed by atoms with van der Waals surface area (Å²) >= 11 is 0. The summed E-state index contributed by atoms with van der Waals surface area (Å²) in [5.41, 5.74) is 0.723. The number of para-hydroxylation sites is 1. The van der Waals surface area contributed by atoms with E-state index in [1.807, 2.05) is 24.3 Å². The van der Waals surface area contributed by atoms with Crippen molar-refractivity contribution in [3.63, 3.8) is 0 Å². The third-order valence-electron chi connectivity index (χ3n) is 5.25. The maximum atomic E-state index is 11.7. The van der Waals surface area contributed by atoms with Crippen molar-refractivity contribution in [1.29, 1.82) is 0 Å². The Bertz CT molecular complexity index is 930. The maximum absolute atomic E-state index is 11.7. The third-order valence-corrected chi connectivity index (χ3v) is 5.25. The van der Waals surface area contributed by atoms with Crippen molar-refractivity contribution in [3.8, 4) is 5.75 Å². The lowest BCUT2D eigenvalue weighted by molar-refractivity contribution is -0.393. The first-order valence-corrected chi connectivity index (χ1v) is 8.83. The zero-order chi connectivity index (χ0) is 20.4. The quantitative estimate of drug-likeness (QED) is 0.596. The Morgan fingerprint density at radius 3 is 2.57 bits per heavy atom. The van der Waals surface area contributed by atoms with Crippen LogP contribution in [0.25, 0.3) is 0 Å². The van der Waals surface area contributed by atoms with Gasteiger partial charge in [-0.05, 0) is 30.5 Å². The van der Waals surface area contributed by atoms with E-state index in [4.69, 9.17) is 4.74 Å². The minimum atomic E-state index is -0.628. The fourth-order valence-electron chi connectivity index (χ4n) is 3.85. The number of nitro benzene ring substituents is 2. The van der Waals surface area contributed by atoms with E-state index in [1.165, 1.54) is 13.0 Å². The first-order chi connectivity index (χ1) is 13.4. The first-order valence-electron chi connectivity index (χ1n) is 8.83. The van der Waals surface area contributed by atoms with Gasteiger partial charge in [0.15, 0.2) is 5.69 Å². The van der Waals surface area contributed by atoms with E-state index < -0.39 is 16.5 Å². The molecule has 1 N–H and O–H groups in total. The number of rotatable bonds is 6. The molecule has 0 saturated carbocycles. The highest BCUT2D eigenvalue weighted by atomic mass is 16.6. The molecular formula is C19H21N3O6. The second kappa shape index (κ2) is 7.81. The molecule has 1 atom stereocenters. The Balaban J connectivity index is 2.08. The largest absolute Gasteiger partial charge is 0.496 e. The Kier molecular flexibility index (Phi) is 5.46. The summed E-state index contributed by atoms with van der Waals surface area (Å²) in [7, 11) is 1.58. The van der Waals surface area contributed by atoms with E-state index in [9.17, 15) is 25.3 Å². The van der Waals surface area contributed by atoms with Crippen LogP contribution < -0.4 is 9.64 Å². The van der Waals surface area contributed by atoms with Crippen LogP contribution in [-0.4, -0.2) is 35.2 Å². The van der Waals surface area contributed by atoms with Crippen molar-refractivity contribution in [2.45, 2.75) is 25.9 Å². The van der Waals surface area contributed by atoms with Crippen LogP contribution in [0.4, 0.5) is 17.1 Å². The van der Waals surface area contributed by atoms with E-state index >= 15 is 0 Å². The smallest absolute Gasteiger partial charge is 0.302 e. The molecule has 1 saturated heterocycles. The van der Waals surface area contributed by atoms with Crippen LogP contribution in [-0.2, 0) is 6.61 Å². The van der Waals surface area contributed by atoms with Crippen molar-refractivity contribution >= 4 is 17.1 Å². The minimum absolute atomic E-state index is 0.00194. The number of anilines is 1. The highest BCUT2D eigenvalue weighted by Gasteiger charge is 2.37. The van der Waals surface area contributed by atoms with Crippen LogP contribution >= 0.6 is 0 Å². The summed E-state index contributed by atoms with van der Waals surface area (Å²) in [6.07, 6.45) is 0.690. The Morgan fingerprint density at radius 2 is 1.96 bits per heavy atom. The van der Waals surface area contributed by atoms with Gasteiger partial charge in [0.05, 0.1) is 23.6 Å². The number of hydrogen-bond donors (Lipinski definition) is 1. The van der Waals surface area contributed by atoms with Crippen LogP contribution in [0.15, 0.2) is 30.3 Å². The van der Waals surface area contributed by atoms with Crippen molar-refractivity contribution in [3.05, 3.63) is 67.3 Å². The van der Waals surface area contributed by atoms with Gasteiger partial charge in [-0.3, -0.25) is 20.2 Å². The lowest BCUT2D eigenvalue weighted by atomic mass is 9.97. The SMILES string of the molecule is COc1ccccc1C1CCN(c2c([N+](=O)[O-])cc(CO)c(C)c2[N+](=O)[O-])C1. The Hall–Kier alpha value is -3.20. The molecule has 0 bridgehead atoms. The van der Waals surface area contributed by atoms with Gasteiger partial charge >= 0.3 is 5.69 Å². The number of methoxy groups -OCH3 is 1. The van der Waals surface area contributed by atoms with Crippen LogP contribution in [0.5, 0.6) is 5.75 Å². The average Bonchev–Trinajstić information content (AvgIpc) is 3.16. The van der Waals surface area contributed by atoms with E-state index in [0.717, 1.165) is 11.3 Å². The summed E-state index contributed by atoms with van der Waals surface area (Å²) in [4.78, 5) is 23.9. The molecule has 1 heterocycles. The molecule has 0 aromatic heterocycles. The monoisotopic (exact) mass is 387 g/mol. The highest BCUT2D eigenvalue weighted by molar-refractivity contribution is 5.79. The number of aliphatic hydroxyl groups excluding tert-OH is 1. The Morgan fingerprint density at radius 1 is 1.25 bits per heavy atom. The summed E-state index contributed by atoms with van der Waals surface area (Å²) in [5.74, 6) is 0.762. The van der Waals surface area contributed by atoms with E-state index in [-0.39, 0.29) is 34.1 Å². The molecule has 3 rings (SSSR count). The van der Waals surface area contributed by atoms with E-state index in [1.54, 1.807) is 12.0 Å². The number of benzene rings is 2. The molecule has 0 amide bonds. The van der Waals surface area contributed by atoms with Crippen LogP contribution in [0.3, 0.4) is 0 Å². The van der Waals surface area contributed by atoms with Crippen LogP contribution in [0, 0.1) is 27.2 Å². The van der Waals surface area contributed by atoms with Gasteiger partial charge in [0.1, 0.15) is 5.75 Å². The van der Waals surface area contributed by atoms with Crippen molar-refractivity contribution in [2.24, 2.45) is 0 Å². The molecule has 28 heavy (non-hydrogen) atoms. The number of nitrogens with zero attached hydrogens (tertiary/aromatic N) is 3. The summed E-state index contributed by atoms with van der Waals surface area (Å²) in [5, 5.41) is 32.9. The van der Waals surface area contributed by atoms with Gasteiger partial charge in [0, 0.05) is 30.6 Å². The Labute approximate surface area is 161 Å². The van der Waals surface area contributed by atoms with Crippen molar-refractivity contribution < 1.29 is 19.7 Å². The summed E-state index contributed by atoms with van der Waals surface area (Å²) in [6, 6.07) is 8.78. The second-order valence-electron chi connectivity index (χ2n) is 6.72. The topological polar surface area (TPSA) is 119 Å². The number of ether oxygens (including phenoxy) is 1. The molecule has 9 nitrogen and oxygen atoms in total. The molecule has 0 radical (unpaired) electrons. The van der Waals surface area contributed by atoms with Crippen molar-refractivity contribution in [1.82, 2.24) is 0 Å². The van der Waals surface area contributed by atoms with E-state index in [0.29, 0.717) is 19.5 Å². The minimum Gasteiger partial charge on any atom is -0.496 e. The van der Waals surface area contributed by atoms with Gasteiger partial charge in [-0.2, -0.15) is 0 Å². The van der Waals surface area contributed by atoms with Gasteiger partial charge in [0.2, 0.25) is 0 Å². The molecule has 1 aliphatic heterocycles. The molecule has 2 aromatic rings. The molecule has 1 unspecified atom stereocenters. The third kappa shape index (κ3) is 3.36. The predicted molar refractivity (Wildman–Crippen MR) is 103 cm³/mol. The molecule has 0 aliphatic carbocycles. The standard InChI is InChI=1S/C19H21N3O6/c1-12-14(11-23)9-16(21(24)25)19(18(12)22(26)27)20-8-7-13(10-20)15-5-3-4-6-17(15)28-2/h3-6,9,13,23H,7-8,10-11H2,1-2H3. The number of hydrogen-bond acceptors (Lipinski definition) is 7. The normalized spacial score (nSPS) is 16.2. The molecule has 0 spiro atoms. The summed E-state index contributed by atoms with van der Waals surface area (Å²) < 4.78 is 5.41. The lowest BCUT2D eigenvalue weighted by Gasteiger charge is -2.21. The number of nitro groups is 2. The fraction of sp³-hybridized carbons (Fsp3) is 0.368. The summed E-state index contributed by atoms with van der Waals surface area (Å²) in [6.45, 7) is 1.85. The van der Waals surface area contributed by atoms with E-state index in [2.05, 4.69) is 0 Å². The van der Waals surface area contributed by atoms with Gasteiger partial charge in [0.25, 0.3) is 5.69 Å². The van der Waals surface area contributed by atoms with Gasteiger partial charge in [-0.25, -0.2) is 0 Å². The highest BCUT2D eigenvalue weighted by Crippen LogP contribution is 2.45. The number of aliphatic hydroxyl groups is 1. The lowest BCUT2D eigenvalue weighted by Crippen LogP contribution is -2.22. The maximum Gasteiger partial charge on any atom is 0.302 e. The molecular weight excluding hydrogens is 366 g/mol. The predicted octanol–water partition coefficient (Wildman–Crippen LogP) is 3.31. The average molecular weight is 387 g/mol. The molecule has 2 aromatic carbocycles. The van der Waals surface area contributed by atoms with Crippen LogP contribution in [0.1, 0.15) is 29.0 Å².